The first-order valence-corrected chi connectivity index (χ1v) is 3.85. The number of nitrogens with two attached hydrogens (primary N) is 1. The number of nitro groups is 1. The summed E-state index contributed by atoms with van der Waals surface area (Å²) in [7, 11) is 0. The van der Waals surface area contributed by atoms with Gasteiger partial charge in [0.1, 0.15) is 5.69 Å². The van der Waals surface area contributed by atoms with Gasteiger partial charge in [-0.15, -0.1) is 0 Å². The molecule has 1 rings (SSSR count). The van der Waals surface area contributed by atoms with E-state index in [4.69, 9.17) is 5.84 Å². The lowest BCUT2D eigenvalue weighted by molar-refractivity contribution is -0.384. The average molecular weight is 232 g/mol. The molecule has 0 radical (unpaired) electrons. The standard InChI is InChI=1S/C6H6BrN3O2/c7-4-2-1-3-5(10(11)12)6(4)9-8/h1-3,9H,8H2. The van der Waals surface area contributed by atoms with Crippen LogP contribution in [0.25, 0.3) is 0 Å². The molecule has 0 unspecified atom stereocenters. The minimum absolute atomic E-state index is 0.0492. The molecule has 0 spiro atoms. The fourth-order valence-corrected chi connectivity index (χ4v) is 1.28. The van der Waals surface area contributed by atoms with E-state index in [-0.39, 0.29) is 11.4 Å². The Morgan fingerprint density at radius 1 is 1.58 bits per heavy atom. The number of benzene rings is 1. The second-order valence-electron chi connectivity index (χ2n) is 2.04. The minimum atomic E-state index is -0.500. The summed E-state index contributed by atoms with van der Waals surface area (Å²) in [6.07, 6.45) is 0. The van der Waals surface area contributed by atoms with E-state index in [0.717, 1.165) is 0 Å². The highest BCUT2D eigenvalue weighted by Gasteiger charge is 2.14. The first-order valence-electron chi connectivity index (χ1n) is 3.06. The lowest BCUT2D eigenvalue weighted by atomic mass is 10.3. The van der Waals surface area contributed by atoms with Gasteiger partial charge in [-0.25, -0.2) is 0 Å². The Hall–Kier alpha value is -1.14. The number of nitrogens with one attached hydrogen (secondary N) is 1. The average Bonchev–Trinajstić information content (AvgIpc) is 2.03. The van der Waals surface area contributed by atoms with Gasteiger partial charge in [0.15, 0.2) is 0 Å². The van der Waals surface area contributed by atoms with Crippen LogP contribution in [0, 0.1) is 10.1 Å². The summed E-state index contributed by atoms with van der Waals surface area (Å²) >= 11 is 3.13. The summed E-state index contributed by atoms with van der Waals surface area (Å²) in [6.45, 7) is 0. The molecule has 0 aliphatic carbocycles. The molecule has 0 aliphatic rings. The van der Waals surface area contributed by atoms with Gasteiger partial charge in [-0.05, 0) is 22.0 Å². The van der Waals surface area contributed by atoms with E-state index in [1.807, 2.05) is 0 Å². The van der Waals surface area contributed by atoms with Crippen molar-refractivity contribution in [3.05, 3.63) is 32.8 Å². The lowest BCUT2D eigenvalue weighted by Crippen LogP contribution is -2.09. The Morgan fingerprint density at radius 2 is 2.25 bits per heavy atom. The van der Waals surface area contributed by atoms with E-state index < -0.39 is 4.92 Å². The Labute approximate surface area is 76.8 Å². The van der Waals surface area contributed by atoms with Gasteiger partial charge in [0.2, 0.25) is 0 Å². The molecule has 0 bridgehead atoms. The van der Waals surface area contributed by atoms with Gasteiger partial charge in [0, 0.05) is 10.5 Å². The van der Waals surface area contributed by atoms with Crippen LogP contribution in [0.3, 0.4) is 0 Å². The summed E-state index contributed by atoms with van der Waals surface area (Å²) in [4.78, 5) is 9.92. The second kappa shape index (κ2) is 3.51. The Kier molecular flexibility index (Phi) is 2.61. The summed E-state index contributed by atoms with van der Waals surface area (Å²) in [5, 5.41) is 10.4. The fraction of sp³-hybridized carbons (Fsp3) is 0. The number of hydrogen-bond acceptors (Lipinski definition) is 4. The van der Waals surface area contributed by atoms with Crippen LogP contribution in [0.2, 0.25) is 0 Å². The largest absolute Gasteiger partial charge is 0.317 e. The van der Waals surface area contributed by atoms with Crippen molar-refractivity contribution in [1.82, 2.24) is 0 Å². The number of halogens is 1. The summed E-state index contributed by atoms with van der Waals surface area (Å²) in [6, 6.07) is 4.62. The number of nitro benzene ring substituents is 1. The molecular formula is C6H6BrN3O2. The van der Waals surface area contributed by atoms with Gasteiger partial charge >= 0.3 is 0 Å². The van der Waals surface area contributed by atoms with Crippen LogP contribution >= 0.6 is 15.9 Å². The van der Waals surface area contributed by atoms with Gasteiger partial charge in [0.25, 0.3) is 5.69 Å². The van der Waals surface area contributed by atoms with Crippen LogP contribution in [0.5, 0.6) is 0 Å². The second-order valence-corrected chi connectivity index (χ2v) is 2.89. The third-order valence-corrected chi connectivity index (χ3v) is 1.99. The maximum atomic E-state index is 10.4. The molecule has 0 amide bonds. The SMILES string of the molecule is NNc1c(Br)cccc1[N+](=O)[O-]. The zero-order valence-corrected chi connectivity index (χ0v) is 7.54. The molecule has 5 nitrogen and oxygen atoms in total. The number of para-hydroxylation sites is 1. The highest BCUT2D eigenvalue weighted by Crippen LogP contribution is 2.30. The lowest BCUT2D eigenvalue weighted by Gasteiger charge is -2.02. The topological polar surface area (TPSA) is 81.2 Å². The highest BCUT2D eigenvalue weighted by molar-refractivity contribution is 9.10. The van der Waals surface area contributed by atoms with E-state index in [0.29, 0.717) is 4.47 Å². The number of hydrogen-bond donors (Lipinski definition) is 2. The molecule has 1 aromatic rings. The highest BCUT2D eigenvalue weighted by atomic mass is 79.9. The third kappa shape index (κ3) is 1.54. The van der Waals surface area contributed by atoms with Crippen LogP contribution in [-0.4, -0.2) is 4.92 Å². The predicted octanol–water partition coefficient (Wildman–Crippen LogP) is 1.64. The molecule has 0 fully saturated rings. The van der Waals surface area contributed by atoms with E-state index in [1.54, 1.807) is 12.1 Å². The van der Waals surface area contributed by atoms with Crippen molar-refractivity contribution < 1.29 is 4.92 Å². The van der Waals surface area contributed by atoms with Crippen molar-refractivity contribution >= 4 is 27.3 Å². The summed E-state index contributed by atoms with van der Waals surface area (Å²) < 4.78 is 0.569. The van der Waals surface area contributed by atoms with Crippen molar-refractivity contribution in [2.45, 2.75) is 0 Å². The van der Waals surface area contributed by atoms with Gasteiger partial charge in [-0.1, -0.05) is 6.07 Å². The molecule has 0 aliphatic heterocycles. The van der Waals surface area contributed by atoms with Crippen LogP contribution in [0.15, 0.2) is 22.7 Å². The maximum Gasteiger partial charge on any atom is 0.294 e. The van der Waals surface area contributed by atoms with Gasteiger partial charge in [-0.2, -0.15) is 0 Å². The van der Waals surface area contributed by atoms with Crippen molar-refractivity contribution in [2.75, 3.05) is 5.43 Å². The summed E-state index contributed by atoms with van der Waals surface area (Å²) in [5.41, 5.74) is 2.49. The monoisotopic (exact) mass is 231 g/mol. The number of rotatable bonds is 2. The Balaban J connectivity index is 3.27. The zero-order chi connectivity index (χ0) is 9.14. The van der Waals surface area contributed by atoms with Crippen LogP contribution < -0.4 is 11.3 Å². The quantitative estimate of drug-likeness (QED) is 0.461. The van der Waals surface area contributed by atoms with E-state index in [2.05, 4.69) is 21.4 Å². The van der Waals surface area contributed by atoms with Crippen LogP contribution in [-0.2, 0) is 0 Å². The molecule has 64 valence electrons. The molecular weight excluding hydrogens is 226 g/mol. The van der Waals surface area contributed by atoms with Crippen molar-refractivity contribution in [1.29, 1.82) is 0 Å². The maximum absolute atomic E-state index is 10.4. The number of nitrogens with zero attached hydrogens (tertiary/aromatic N) is 1. The molecule has 0 saturated carbocycles. The molecule has 0 atom stereocenters. The van der Waals surface area contributed by atoms with Crippen molar-refractivity contribution in [3.8, 4) is 0 Å². The van der Waals surface area contributed by atoms with Gasteiger partial charge in [0.05, 0.1) is 4.92 Å². The molecule has 0 saturated heterocycles. The van der Waals surface area contributed by atoms with Crippen molar-refractivity contribution in [2.24, 2.45) is 5.84 Å². The van der Waals surface area contributed by atoms with Crippen molar-refractivity contribution in [3.63, 3.8) is 0 Å². The summed E-state index contributed by atoms with van der Waals surface area (Å²) in [5.74, 6) is 5.10. The van der Waals surface area contributed by atoms with Crippen LogP contribution in [0.4, 0.5) is 11.4 Å². The number of anilines is 1. The smallest absolute Gasteiger partial charge is 0.294 e. The predicted molar refractivity (Wildman–Crippen MR) is 48.6 cm³/mol. The van der Waals surface area contributed by atoms with E-state index in [1.165, 1.54) is 6.07 Å². The van der Waals surface area contributed by atoms with Gasteiger partial charge in [-0.3, -0.25) is 16.0 Å². The number of nitrogen functional groups attached to an aromatic ring is 1. The Morgan fingerprint density at radius 3 is 2.67 bits per heavy atom. The third-order valence-electron chi connectivity index (χ3n) is 1.33. The first-order chi connectivity index (χ1) is 5.66. The first kappa shape index (κ1) is 8.95. The van der Waals surface area contributed by atoms with E-state index in [9.17, 15) is 10.1 Å². The molecule has 0 heterocycles. The Bertz CT molecular complexity index is 316. The normalized spacial score (nSPS) is 9.50. The zero-order valence-electron chi connectivity index (χ0n) is 5.95. The minimum Gasteiger partial charge on any atom is -0.317 e. The van der Waals surface area contributed by atoms with E-state index >= 15 is 0 Å². The fourth-order valence-electron chi connectivity index (χ4n) is 0.808. The van der Waals surface area contributed by atoms with Crippen LogP contribution in [0.1, 0.15) is 0 Å². The molecule has 0 aromatic heterocycles. The molecule has 3 N–H and O–H groups in total. The molecule has 1 aromatic carbocycles. The van der Waals surface area contributed by atoms with Gasteiger partial charge < -0.3 is 5.43 Å². The molecule has 6 heteroatoms. The number of hydrazine groups is 1. The molecule has 12 heavy (non-hydrogen) atoms.